The van der Waals surface area contributed by atoms with E-state index in [9.17, 15) is 5.11 Å². The Labute approximate surface area is 175 Å². The fourth-order valence-corrected chi connectivity index (χ4v) is 5.67. The number of hydrogen-bond acceptors (Lipinski definition) is 2. The van der Waals surface area contributed by atoms with Crippen LogP contribution in [0.25, 0.3) is 21.8 Å². The van der Waals surface area contributed by atoms with Crippen LogP contribution in [0.5, 0.6) is 0 Å². The summed E-state index contributed by atoms with van der Waals surface area (Å²) in [4.78, 5) is 2.63. The lowest BCUT2D eigenvalue weighted by atomic mass is 9.91. The lowest BCUT2D eigenvalue weighted by Gasteiger charge is -2.42. The Balaban J connectivity index is 1.62. The standard InChI is InChI=1S/C23H26Cl2N2O/c24-15-6-8-20-18(12-15)19-13-16(25)7-9-21(19)27(20)22-14-26(11-10-23(22)28)17-4-2-1-3-5-17/h6-9,12-13,17,22-23,28H,1-5,10-11,14H2/t22-,23-/m0/s1. The highest BCUT2D eigenvalue weighted by atomic mass is 35.5. The number of aromatic nitrogens is 1. The van der Waals surface area contributed by atoms with Crippen molar-refractivity contribution in [3.63, 3.8) is 0 Å². The monoisotopic (exact) mass is 416 g/mol. The third kappa shape index (κ3) is 3.23. The van der Waals surface area contributed by atoms with Crippen LogP contribution in [-0.4, -0.2) is 39.8 Å². The normalized spacial score (nSPS) is 25.0. The summed E-state index contributed by atoms with van der Waals surface area (Å²) in [6.07, 6.45) is 7.10. The second-order valence-electron chi connectivity index (χ2n) is 8.40. The Bertz CT molecular complexity index is 949. The highest BCUT2D eigenvalue weighted by Crippen LogP contribution is 2.38. The van der Waals surface area contributed by atoms with E-state index >= 15 is 0 Å². The Kier molecular flexibility index (Phi) is 5.04. The zero-order valence-electron chi connectivity index (χ0n) is 16.0. The second kappa shape index (κ2) is 7.53. The molecule has 5 rings (SSSR count). The number of fused-ring (bicyclic) bond motifs is 3. The first-order valence-electron chi connectivity index (χ1n) is 10.4. The molecule has 2 fully saturated rings. The van der Waals surface area contributed by atoms with Crippen molar-refractivity contribution in [3.05, 3.63) is 46.4 Å². The molecule has 2 atom stereocenters. The lowest BCUT2D eigenvalue weighted by molar-refractivity contribution is 0.0112. The number of nitrogens with zero attached hydrogens (tertiary/aromatic N) is 2. The van der Waals surface area contributed by atoms with Crippen LogP contribution < -0.4 is 0 Å². The topological polar surface area (TPSA) is 28.4 Å². The van der Waals surface area contributed by atoms with Crippen LogP contribution in [0, 0.1) is 0 Å². The maximum Gasteiger partial charge on any atom is 0.0772 e. The summed E-state index contributed by atoms with van der Waals surface area (Å²) in [5, 5.41) is 14.6. The van der Waals surface area contributed by atoms with Gasteiger partial charge in [0, 0.05) is 51.0 Å². The molecule has 5 heteroatoms. The molecule has 3 aromatic rings. The highest BCUT2D eigenvalue weighted by Gasteiger charge is 2.34. The smallest absolute Gasteiger partial charge is 0.0772 e. The van der Waals surface area contributed by atoms with Gasteiger partial charge in [0.2, 0.25) is 0 Å². The Morgan fingerprint density at radius 1 is 0.821 bits per heavy atom. The number of likely N-dealkylation sites (tertiary alicyclic amines) is 1. The first kappa shape index (κ1) is 18.7. The molecule has 1 aromatic heterocycles. The first-order valence-corrected chi connectivity index (χ1v) is 11.2. The van der Waals surface area contributed by atoms with Gasteiger partial charge < -0.3 is 9.67 Å². The van der Waals surface area contributed by atoms with Crippen molar-refractivity contribution in [1.29, 1.82) is 0 Å². The quantitative estimate of drug-likeness (QED) is 0.551. The van der Waals surface area contributed by atoms with Crippen molar-refractivity contribution in [2.45, 2.75) is 56.7 Å². The maximum absolute atomic E-state index is 11.0. The molecule has 0 amide bonds. The SMILES string of the molecule is O[C@H]1CCN(C2CCCCC2)C[C@@H]1n1c2ccc(Cl)cc2c2cc(Cl)ccc21. The van der Waals surface area contributed by atoms with Crippen molar-refractivity contribution in [1.82, 2.24) is 9.47 Å². The molecule has 0 radical (unpaired) electrons. The molecule has 1 aliphatic heterocycles. The van der Waals surface area contributed by atoms with Crippen molar-refractivity contribution in [3.8, 4) is 0 Å². The van der Waals surface area contributed by atoms with Crippen LogP contribution in [-0.2, 0) is 0 Å². The molecular formula is C23H26Cl2N2O. The maximum atomic E-state index is 11.0. The summed E-state index contributed by atoms with van der Waals surface area (Å²) in [5.41, 5.74) is 2.24. The molecule has 2 aromatic carbocycles. The average molecular weight is 417 g/mol. The van der Waals surface area contributed by atoms with E-state index in [0.29, 0.717) is 6.04 Å². The van der Waals surface area contributed by atoms with Crippen LogP contribution in [0.15, 0.2) is 36.4 Å². The Morgan fingerprint density at radius 2 is 1.43 bits per heavy atom. The van der Waals surface area contributed by atoms with Gasteiger partial charge in [-0.25, -0.2) is 0 Å². The van der Waals surface area contributed by atoms with E-state index < -0.39 is 0 Å². The molecule has 2 aliphatic rings. The average Bonchev–Trinajstić information content (AvgIpc) is 3.02. The van der Waals surface area contributed by atoms with Crippen molar-refractivity contribution in [2.24, 2.45) is 0 Å². The van der Waals surface area contributed by atoms with E-state index in [1.165, 1.54) is 32.1 Å². The number of aliphatic hydroxyl groups excluding tert-OH is 1. The van der Waals surface area contributed by atoms with Gasteiger partial charge in [0.1, 0.15) is 0 Å². The zero-order valence-corrected chi connectivity index (χ0v) is 17.5. The van der Waals surface area contributed by atoms with Gasteiger partial charge >= 0.3 is 0 Å². The van der Waals surface area contributed by atoms with E-state index in [2.05, 4.69) is 21.6 Å². The molecule has 0 bridgehead atoms. The third-order valence-electron chi connectivity index (χ3n) is 6.73. The van der Waals surface area contributed by atoms with Crippen LogP contribution in [0.3, 0.4) is 0 Å². The minimum atomic E-state index is -0.343. The highest BCUT2D eigenvalue weighted by molar-refractivity contribution is 6.33. The van der Waals surface area contributed by atoms with E-state index in [-0.39, 0.29) is 12.1 Å². The predicted molar refractivity (Wildman–Crippen MR) is 118 cm³/mol. The van der Waals surface area contributed by atoms with Gasteiger partial charge in [0.05, 0.1) is 12.1 Å². The van der Waals surface area contributed by atoms with Crippen LogP contribution >= 0.6 is 23.2 Å². The van der Waals surface area contributed by atoms with Gasteiger partial charge in [-0.3, -0.25) is 4.90 Å². The van der Waals surface area contributed by atoms with Gasteiger partial charge in [-0.2, -0.15) is 0 Å². The summed E-state index contributed by atoms with van der Waals surface area (Å²) in [6.45, 7) is 1.90. The Morgan fingerprint density at radius 3 is 2.04 bits per heavy atom. The zero-order chi connectivity index (χ0) is 19.3. The molecule has 1 aliphatic carbocycles. The number of rotatable bonds is 2. The minimum Gasteiger partial charge on any atom is -0.391 e. The number of benzene rings is 2. The van der Waals surface area contributed by atoms with Crippen molar-refractivity contribution < 1.29 is 5.11 Å². The lowest BCUT2D eigenvalue weighted by Crippen LogP contribution is -2.49. The molecule has 3 nitrogen and oxygen atoms in total. The summed E-state index contributed by atoms with van der Waals surface area (Å²) >= 11 is 12.6. The molecule has 1 saturated heterocycles. The summed E-state index contributed by atoms with van der Waals surface area (Å²) in [6, 6.07) is 12.8. The van der Waals surface area contributed by atoms with Crippen LogP contribution in [0.2, 0.25) is 10.0 Å². The van der Waals surface area contributed by atoms with Gasteiger partial charge in [-0.05, 0) is 55.7 Å². The number of hydrogen-bond donors (Lipinski definition) is 1. The van der Waals surface area contributed by atoms with Gasteiger partial charge in [-0.15, -0.1) is 0 Å². The van der Waals surface area contributed by atoms with Crippen molar-refractivity contribution >= 4 is 45.0 Å². The van der Waals surface area contributed by atoms with Gasteiger partial charge in [0.15, 0.2) is 0 Å². The predicted octanol–water partition coefficient (Wildman–Crippen LogP) is 6.04. The molecule has 0 spiro atoms. The first-order chi connectivity index (χ1) is 13.6. The molecule has 1 saturated carbocycles. The molecule has 148 valence electrons. The molecule has 0 unspecified atom stereocenters. The van der Waals surface area contributed by atoms with Crippen LogP contribution in [0.4, 0.5) is 0 Å². The fraction of sp³-hybridized carbons (Fsp3) is 0.478. The van der Waals surface area contributed by atoms with Gasteiger partial charge in [-0.1, -0.05) is 42.5 Å². The van der Waals surface area contributed by atoms with E-state index in [4.69, 9.17) is 23.2 Å². The van der Waals surface area contributed by atoms with Crippen molar-refractivity contribution in [2.75, 3.05) is 13.1 Å². The van der Waals surface area contributed by atoms with E-state index in [0.717, 1.165) is 51.4 Å². The number of halogens is 2. The fourth-order valence-electron chi connectivity index (χ4n) is 5.33. The van der Waals surface area contributed by atoms with Crippen LogP contribution in [0.1, 0.15) is 44.6 Å². The van der Waals surface area contributed by atoms with Gasteiger partial charge in [0.25, 0.3) is 0 Å². The summed E-state index contributed by atoms with van der Waals surface area (Å²) < 4.78 is 2.33. The molecule has 1 N–H and O–H groups in total. The molecule has 28 heavy (non-hydrogen) atoms. The largest absolute Gasteiger partial charge is 0.391 e. The second-order valence-corrected chi connectivity index (χ2v) is 9.28. The van der Waals surface area contributed by atoms with E-state index in [1.54, 1.807) is 0 Å². The molecule has 2 heterocycles. The Hall–Kier alpha value is -1.26. The molecular weight excluding hydrogens is 391 g/mol. The van der Waals surface area contributed by atoms with E-state index in [1.807, 2.05) is 24.3 Å². The summed E-state index contributed by atoms with van der Waals surface area (Å²) in [7, 11) is 0. The minimum absolute atomic E-state index is 0.0398. The summed E-state index contributed by atoms with van der Waals surface area (Å²) in [5.74, 6) is 0. The number of aliphatic hydroxyl groups is 1. The number of piperidine rings is 1. The third-order valence-corrected chi connectivity index (χ3v) is 7.20.